The lowest BCUT2D eigenvalue weighted by molar-refractivity contribution is 0.102. The fraction of sp³-hybridized carbons (Fsp3) is 0.143. The van der Waals surface area contributed by atoms with Crippen molar-refractivity contribution in [3.05, 3.63) is 54.2 Å². The summed E-state index contributed by atoms with van der Waals surface area (Å²) in [6.45, 7) is 0. The van der Waals surface area contributed by atoms with E-state index in [0.717, 1.165) is 0 Å². The Morgan fingerprint density at radius 2 is 1.85 bits per heavy atom. The number of Topliss-reactive ketones (excluding diaryl/α,β-unsaturated/α-hetero) is 1. The highest BCUT2D eigenvalue weighted by molar-refractivity contribution is 7.92. The quantitative estimate of drug-likeness (QED) is 0.785. The van der Waals surface area contributed by atoms with Crippen molar-refractivity contribution in [1.29, 1.82) is 0 Å². The second-order valence-corrected chi connectivity index (χ2v) is 6.02. The monoisotopic (exact) mass is 291 g/mol. The molecule has 0 aliphatic heterocycles. The fourth-order valence-corrected chi connectivity index (χ4v) is 2.80. The van der Waals surface area contributed by atoms with E-state index in [9.17, 15) is 13.2 Å². The van der Waals surface area contributed by atoms with Gasteiger partial charge in [-0.2, -0.15) is 0 Å². The van der Waals surface area contributed by atoms with E-state index < -0.39 is 21.4 Å². The Balaban J connectivity index is 2.18. The van der Waals surface area contributed by atoms with Crippen LogP contribution in [0.4, 0.5) is 0 Å². The van der Waals surface area contributed by atoms with Crippen LogP contribution < -0.4 is 4.74 Å². The average molecular weight is 291 g/mol. The predicted octanol–water partition coefficient (Wildman–Crippen LogP) is 1.75. The lowest BCUT2D eigenvalue weighted by Crippen LogP contribution is -2.17. The zero-order chi connectivity index (χ0) is 14.6. The molecule has 0 saturated carbocycles. The first kappa shape index (κ1) is 14.2. The predicted molar refractivity (Wildman–Crippen MR) is 73.6 cm³/mol. The zero-order valence-electron chi connectivity index (χ0n) is 10.8. The molecule has 6 heteroatoms. The van der Waals surface area contributed by atoms with Crippen LogP contribution in [-0.4, -0.2) is 32.0 Å². The first-order valence-electron chi connectivity index (χ1n) is 5.84. The molecule has 20 heavy (non-hydrogen) atoms. The Labute approximate surface area is 117 Å². The Morgan fingerprint density at radius 3 is 2.40 bits per heavy atom. The van der Waals surface area contributed by atoms with Crippen LogP contribution in [0, 0.1) is 0 Å². The second-order valence-electron chi connectivity index (χ2n) is 4.08. The van der Waals surface area contributed by atoms with Gasteiger partial charge < -0.3 is 4.74 Å². The number of hydrogen-bond donors (Lipinski definition) is 0. The summed E-state index contributed by atoms with van der Waals surface area (Å²) < 4.78 is 29.0. The molecule has 1 heterocycles. The molecular weight excluding hydrogens is 278 g/mol. The number of hydrogen-bond acceptors (Lipinski definition) is 5. The van der Waals surface area contributed by atoms with Gasteiger partial charge in [0, 0.05) is 11.8 Å². The van der Waals surface area contributed by atoms with Crippen molar-refractivity contribution >= 4 is 15.6 Å². The number of rotatable bonds is 5. The van der Waals surface area contributed by atoms with Crippen LogP contribution in [0.3, 0.4) is 0 Å². The second kappa shape index (κ2) is 5.83. The summed E-state index contributed by atoms with van der Waals surface area (Å²) in [7, 11) is -2.20. The molecule has 5 nitrogen and oxygen atoms in total. The highest BCUT2D eigenvalue weighted by Gasteiger charge is 2.21. The first-order chi connectivity index (χ1) is 9.53. The summed E-state index contributed by atoms with van der Waals surface area (Å²) in [5.41, 5.74) is 0.324. The van der Waals surface area contributed by atoms with Crippen molar-refractivity contribution in [1.82, 2.24) is 4.98 Å². The summed E-state index contributed by atoms with van der Waals surface area (Å²) in [4.78, 5) is 15.7. The van der Waals surface area contributed by atoms with Gasteiger partial charge >= 0.3 is 0 Å². The van der Waals surface area contributed by atoms with Gasteiger partial charge in [0.25, 0.3) is 0 Å². The van der Waals surface area contributed by atoms with Crippen molar-refractivity contribution in [2.24, 2.45) is 0 Å². The summed E-state index contributed by atoms with van der Waals surface area (Å²) >= 11 is 0. The number of ketones is 1. The molecule has 0 atom stereocenters. The number of ether oxygens (including phenoxy) is 1. The Hall–Kier alpha value is -2.21. The minimum atomic E-state index is -3.72. The minimum Gasteiger partial charge on any atom is -0.497 e. The SMILES string of the molecule is COc1ccc(C(=O)CS(=O)(=O)c2ccccn2)cc1. The maximum Gasteiger partial charge on any atom is 0.203 e. The number of sulfone groups is 1. The molecular formula is C14H13NO4S. The molecule has 0 saturated heterocycles. The lowest BCUT2D eigenvalue weighted by Gasteiger charge is -2.04. The van der Waals surface area contributed by atoms with E-state index in [4.69, 9.17) is 4.74 Å². The molecule has 0 N–H and O–H groups in total. The van der Waals surface area contributed by atoms with Crippen LogP contribution in [0.5, 0.6) is 5.75 Å². The highest BCUT2D eigenvalue weighted by Crippen LogP contribution is 2.14. The van der Waals surface area contributed by atoms with Gasteiger partial charge in [-0.1, -0.05) is 6.07 Å². The molecule has 0 amide bonds. The van der Waals surface area contributed by atoms with Gasteiger partial charge in [0.05, 0.1) is 7.11 Å². The molecule has 0 aliphatic rings. The van der Waals surface area contributed by atoms with E-state index in [-0.39, 0.29) is 5.03 Å². The molecule has 1 aromatic carbocycles. The van der Waals surface area contributed by atoms with E-state index in [0.29, 0.717) is 11.3 Å². The third-order valence-electron chi connectivity index (χ3n) is 2.69. The maximum absolute atomic E-state index is 12.0. The van der Waals surface area contributed by atoms with Gasteiger partial charge in [-0.05, 0) is 36.4 Å². The van der Waals surface area contributed by atoms with Gasteiger partial charge in [0.2, 0.25) is 9.84 Å². The number of pyridine rings is 1. The largest absolute Gasteiger partial charge is 0.497 e. The number of carbonyl (C=O) groups excluding carboxylic acids is 1. The molecule has 1 aromatic heterocycles. The van der Waals surface area contributed by atoms with Crippen LogP contribution in [0.1, 0.15) is 10.4 Å². The van der Waals surface area contributed by atoms with Crippen molar-refractivity contribution in [2.75, 3.05) is 12.9 Å². The van der Waals surface area contributed by atoms with E-state index in [1.807, 2.05) is 0 Å². The number of methoxy groups -OCH3 is 1. The first-order valence-corrected chi connectivity index (χ1v) is 7.49. The van der Waals surface area contributed by atoms with Gasteiger partial charge in [-0.15, -0.1) is 0 Å². The normalized spacial score (nSPS) is 11.1. The molecule has 0 radical (unpaired) electrons. The lowest BCUT2D eigenvalue weighted by atomic mass is 10.1. The van der Waals surface area contributed by atoms with Gasteiger partial charge in [-0.25, -0.2) is 13.4 Å². The molecule has 104 valence electrons. The number of benzene rings is 1. The molecule has 2 aromatic rings. The number of nitrogens with zero attached hydrogens (tertiary/aromatic N) is 1. The molecule has 0 unspecified atom stereocenters. The van der Waals surface area contributed by atoms with Crippen LogP contribution in [0.25, 0.3) is 0 Å². The smallest absolute Gasteiger partial charge is 0.203 e. The van der Waals surface area contributed by atoms with E-state index in [1.165, 1.54) is 31.5 Å². The van der Waals surface area contributed by atoms with Crippen molar-refractivity contribution in [3.8, 4) is 5.75 Å². The third-order valence-corrected chi connectivity index (χ3v) is 4.21. The van der Waals surface area contributed by atoms with E-state index in [2.05, 4.69) is 4.98 Å². The number of carbonyl (C=O) groups is 1. The van der Waals surface area contributed by atoms with Gasteiger partial charge in [0.15, 0.2) is 10.8 Å². The minimum absolute atomic E-state index is 0.0955. The maximum atomic E-state index is 12.0. The van der Waals surface area contributed by atoms with Gasteiger partial charge in [-0.3, -0.25) is 4.79 Å². The molecule has 0 aliphatic carbocycles. The van der Waals surface area contributed by atoms with Crippen molar-refractivity contribution < 1.29 is 17.9 Å². The number of aromatic nitrogens is 1. The van der Waals surface area contributed by atoms with Crippen LogP contribution >= 0.6 is 0 Å². The standard InChI is InChI=1S/C14H13NO4S/c1-19-12-7-5-11(6-8-12)13(16)10-20(17,18)14-4-2-3-9-15-14/h2-9H,10H2,1H3. The summed E-state index contributed by atoms with van der Waals surface area (Å²) in [5.74, 6) is -0.469. The molecule has 2 rings (SSSR count). The van der Waals surface area contributed by atoms with Crippen molar-refractivity contribution in [2.45, 2.75) is 5.03 Å². The topological polar surface area (TPSA) is 73.3 Å². The van der Waals surface area contributed by atoms with E-state index in [1.54, 1.807) is 24.3 Å². The molecule has 0 spiro atoms. The molecule has 0 fully saturated rings. The zero-order valence-corrected chi connectivity index (χ0v) is 11.6. The highest BCUT2D eigenvalue weighted by atomic mass is 32.2. The summed E-state index contributed by atoms with van der Waals surface area (Å²) in [6, 6.07) is 10.9. The Bertz CT molecular complexity index is 694. The van der Waals surface area contributed by atoms with Crippen LogP contribution in [0.15, 0.2) is 53.7 Å². The van der Waals surface area contributed by atoms with Crippen LogP contribution in [0.2, 0.25) is 0 Å². The third kappa shape index (κ3) is 3.21. The Kier molecular flexibility index (Phi) is 4.14. The van der Waals surface area contributed by atoms with Crippen molar-refractivity contribution in [3.63, 3.8) is 0 Å². The fourth-order valence-electron chi connectivity index (χ4n) is 1.64. The van der Waals surface area contributed by atoms with Gasteiger partial charge in [0.1, 0.15) is 11.5 Å². The van der Waals surface area contributed by atoms with E-state index >= 15 is 0 Å². The van der Waals surface area contributed by atoms with Crippen LogP contribution in [-0.2, 0) is 9.84 Å². The molecule has 0 bridgehead atoms. The Morgan fingerprint density at radius 1 is 1.15 bits per heavy atom. The average Bonchev–Trinajstić information content (AvgIpc) is 2.48. The summed E-state index contributed by atoms with van der Waals surface area (Å²) in [5, 5.41) is -0.0955. The summed E-state index contributed by atoms with van der Waals surface area (Å²) in [6.07, 6.45) is 1.38.